The number of hydrogen-bond donors (Lipinski definition) is 0. The summed E-state index contributed by atoms with van der Waals surface area (Å²) in [4.78, 5) is 17.1. The molecule has 3 rings (SSSR count). The molecule has 2 aromatic rings. The van der Waals surface area contributed by atoms with Crippen LogP contribution in [0.2, 0.25) is 10.0 Å². The van der Waals surface area contributed by atoms with Crippen LogP contribution in [0.3, 0.4) is 0 Å². The Morgan fingerprint density at radius 1 is 1.08 bits per heavy atom. The molecular formula is C19H20Cl2N2O2S. The zero-order valence-corrected chi connectivity index (χ0v) is 16.8. The van der Waals surface area contributed by atoms with Crippen molar-refractivity contribution in [2.75, 3.05) is 24.5 Å². The Morgan fingerprint density at radius 3 is 2.42 bits per heavy atom. The van der Waals surface area contributed by atoms with Crippen LogP contribution in [0.15, 0.2) is 47.4 Å². The van der Waals surface area contributed by atoms with E-state index in [0.717, 1.165) is 43.1 Å². The van der Waals surface area contributed by atoms with Crippen LogP contribution >= 0.6 is 35.2 Å². The molecule has 1 aliphatic rings. The first-order valence-electron chi connectivity index (χ1n) is 8.54. The third-order valence-electron chi connectivity index (χ3n) is 4.10. The van der Waals surface area contributed by atoms with E-state index in [9.17, 15) is 4.79 Å². The number of carbonyl (C=O) groups excluding carboxylic acids is 1. The number of carbonyl (C=O) groups is 1. The number of amides is 2. The van der Waals surface area contributed by atoms with Gasteiger partial charge in [-0.25, -0.2) is 4.79 Å². The maximum Gasteiger partial charge on any atom is 0.324 e. The van der Waals surface area contributed by atoms with Crippen molar-refractivity contribution in [1.29, 1.82) is 0 Å². The summed E-state index contributed by atoms with van der Waals surface area (Å²) in [6.07, 6.45) is 2.13. The normalized spacial score (nSPS) is 14.2. The molecule has 0 unspecified atom stereocenters. The van der Waals surface area contributed by atoms with E-state index >= 15 is 0 Å². The molecule has 0 N–H and O–H groups in total. The monoisotopic (exact) mass is 410 g/mol. The molecule has 1 fully saturated rings. The van der Waals surface area contributed by atoms with E-state index in [-0.39, 0.29) is 6.03 Å². The fourth-order valence-corrected chi connectivity index (χ4v) is 3.78. The van der Waals surface area contributed by atoms with Gasteiger partial charge in [-0.15, -0.1) is 0 Å². The fraction of sp³-hybridized carbons (Fsp3) is 0.316. The van der Waals surface area contributed by atoms with Crippen molar-refractivity contribution >= 4 is 47.0 Å². The lowest BCUT2D eigenvalue weighted by Gasteiger charge is -2.18. The van der Waals surface area contributed by atoms with Crippen molar-refractivity contribution in [2.24, 2.45) is 0 Å². The maximum atomic E-state index is 12.5. The van der Waals surface area contributed by atoms with Crippen LogP contribution in [0.5, 0.6) is 5.75 Å². The van der Waals surface area contributed by atoms with Crippen LogP contribution in [0.4, 0.5) is 10.5 Å². The number of benzene rings is 2. The summed E-state index contributed by atoms with van der Waals surface area (Å²) in [5.41, 5.74) is 0.907. The van der Waals surface area contributed by atoms with Gasteiger partial charge in [0.2, 0.25) is 0 Å². The lowest BCUT2D eigenvalue weighted by atomic mass is 10.3. The van der Waals surface area contributed by atoms with Gasteiger partial charge in [-0.1, -0.05) is 36.5 Å². The highest BCUT2D eigenvalue weighted by Gasteiger charge is 2.28. The van der Waals surface area contributed by atoms with Gasteiger partial charge in [0.05, 0.1) is 12.0 Å². The van der Waals surface area contributed by atoms with E-state index in [4.69, 9.17) is 27.4 Å². The molecule has 0 spiro atoms. The van der Waals surface area contributed by atoms with Gasteiger partial charge in [0.15, 0.2) is 0 Å². The Hall–Kier alpha value is -1.56. The third-order valence-corrected chi connectivity index (χ3v) is 5.27. The average Bonchev–Trinajstić information content (AvgIpc) is 2.98. The highest BCUT2D eigenvalue weighted by molar-refractivity contribution is 7.95. The first kappa shape index (κ1) is 19.2. The Balaban J connectivity index is 1.59. The van der Waals surface area contributed by atoms with E-state index in [1.165, 1.54) is 12.0 Å². The second kappa shape index (κ2) is 8.89. The Bertz CT molecular complexity index is 750. The molecule has 2 amide bonds. The molecule has 0 aliphatic carbocycles. The van der Waals surface area contributed by atoms with Crippen LogP contribution in [-0.4, -0.2) is 30.6 Å². The second-order valence-corrected chi connectivity index (χ2v) is 7.72. The van der Waals surface area contributed by atoms with Crippen LogP contribution in [0.25, 0.3) is 0 Å². The largest absolute Gasteiger partial charge is 0.421 e. The number of urea groups is 1. The van der Waals surface area contributed by atoms with E-state index in [1.807, 2.05) is 34.1 Å². The minimum absolute atomic E-state index is 0.0867. The summed E-state index contributed by atoms with van der Waals surface area (Å²) in [6, 6.07) is 12.9. The van der Waals surface area contributed by atoms with E-state index in [2.05, 4.69) is 6.92 Å². The van der Waals surface area contributed by atoms with Gasteiger partial charge in [-0.2, -0.15) is 0 Å². The van der Waals surface area contributed by atoms with Gasteiger partial charge in [-0.05, 0) is 36.8 Å². The summed E-state index contributed by atoms with van der Waals surface area (Å²) >= 11 is 13.2. The van der Waals surface area contributed by atoms with Crippen LogP contribution in [0, 0.1) is 0 Å². The topological polar surface area (TPSA) is 32.8 Å². The molecule has 138 valence electrons. The molecule has 0 aromatic heterocycles. The zero-order valence-electron chi connectivity index (χ0n) is 14.5. The fourth-order valence-electron chi connectivity index (χ4n) is 2.73. The first-order valence-corrected chi connectivity index (χ1v) is 10.0. The lowest BCUT2D eigenvalue weighted by molar-refractivity contribution is 0.220. The molecule has 0 saturated carbocycles. The van der Waals surface area contributed by atoms with Crippen molar-refractivity contribution in [1.82, 2.24) is 4.90 Å². The minimum Gasteiger partial charge on any atom is -0.421 e. The maximum absolute atomic E-state index is 12.5. The van der Waals surface area contributed by atoms with Crippen LogP contribution in [-0.2, 0) is 0 Å². The van der Waals surface area contributed by atoms with Crippen LogP contribution in [0.1, 0.15) is 19.8 Å². The minimum atomic E-state index is 0.0867. The predicted molar refractivity (Wildman–Crippen MR) is 109 cm³/mol. The van der Waals surface area contributed by atoms with Crippen molar-refractivity contribution < 1.29 is 8.98 Å². The summed E-state index contributed by atoms with van der Waals surface area (Å²) in [5.74, 6) is 0.595. The molecule has 7 heteroatoms. The highest BCUT2D eigenvalue weighted by atomic mass is 35.5. The highest BCUT2D eigenvalue weighted by Crippen LogP contribution is 2.30. The number of unbranched alkanes of at least 4 members (excludes halogenated alkanes) is 1. The second-order valence-electron chi connectivity index (χ2n) is 6.04. The van der Waals surface area contributed by atoms with Crippen molar-refractivity contribution in [3.8, 4) is 5.75 Å². The predicted octanol–water partition coefficient (Wildman–Crippen LogP) is 6.12. The number of anilines is 1. The number of hydrogen-bond acceptors (Lipinski definition) is 3. The molecule has 0 bridgehead atoms. The zero-order chi connectivity index (χ0) is 18.5. The third kappa shape index (κ3) is 4.78. The van der Waals surface area contributed by atoms with Crippen LogP contribution < -0.4 is 9.08 Å². The van der Waals surface area contributed by atoms with Crippen molar-refractivity contribution in [3.05, 3.63) is 52.5 Å². The van der Waals surface area contributed by atoms with Gasteiger partial charge in [0.25, 0.3) is 0 Å². The molecule has 0 radical (unpaired) electrons. The Morgan fingerprint density at radius 2 is 1.77 bits per heavy atom. The molecule has 1 heterocycles. The number of nitrogens with zero attached hydrogens (tertiary/aromatic N) is 2. The van der Waals surface area contributed by atoms with Crippen molar-refractivity contribution in [3.63, 3.8) is 0 Å². The molecular weight excluding hydrogens is 391 g/mol. The summed E-state index contributed by atoms with van der Waals surface area (Å²) in [6.45, 7) is 4.48. The first-order chi connectivity index (χ1) is 12.6. The molecule has 1 aliphatic heterocycles. The molecule has 0 atom stereocenters. The molecule has 1 saturated heterocycles. The summed E-state index contributed by atoms with van der Waals surface area (Å²) in [7, 11) is 0. The van der Waals surface area contributed by atoms with E-state index in [0.29, 0.717) is 15.8 Å². The standard InChI is InChI=1S/C19H20Cl2N2O2S/c1-2-3-8-22-9-10-23(19(22)24)16-4-6-18(7-5-16)26-25-17-12-14(20)11-15(21)13-17/h4-7,11-13H,2-3,8-10H2,1H3. The number of rotatable bonds is 7. The summed E-state index contributed by atoms with van der Waals surface area (Å²) in [5, 5.41) is 1.06. The van der Waals surface area contributed by atoms with Gasteiger partial charge in [-0.3, -0.25) is 4.90 Å². The molecule has 2 aromatic carbocycles. The molecule has 26 heavy (non-hydrogen) atoms. The van der Waals surface area contributed by atoms with Gasteiger partial charge in [0, 0.05) is 52.4 Å². The average molecular weight is 411 g/mol. The van der Waals surface area contributed by atoms with Gasteiger partial charge in [0.1, 0.15) is 5.75 Å². The Kier molecular flexibility index (Phi) is 6.57. The van der Waals surface area contributed by atoms with Gasteiger partial charge < -0.3 is 9.08 Å². The quantitative estimate of drug-likeness (QED) is 0.515. The Labute approximate surface area is 168 Å². The van der Waals surface area contributed by atoms with E-state index in [1.54, 1.807) is 18.2 Å². The number of halogens is 2. The summed E-state index contributed by atoms with van der Waals surface area (Å²) < 4.78 is 5.66. The SMILES string of the molecule is CCCCN1CCN(c2ccc(SOc3cc(Cl)cc(Cl)c3)cc2)C1=O. The van der Waals surface area contributed by atoms with E-state index < -0.39 is 0 Å². The van der Waals surface area contributed by atoms with Gasteiger partial charge >= 0.3 is 6.03 Å². The molecule has 4 nitrogen and oxygen atoms in total. The lowest BCUT2D eigenvalue weighted by Crippen LogP contribution is -2.32. The van der Waals surface area contributed by atoms with Crippen molar-refractivity contribution in [2.45, 2.75) is 24.7 Å². The smallest absolute Gasteiger partial charge is 0.324 e.